The van der Waals surface area contributed by atoms with Gasteiger partial charge < -0.3 is 15.0 Å². The van der Waals surface area contributed by atoms with Gasteiger partial charge in [-0.05, 0) is 67.4 Å². The van der Waals surface area contributed by atoms with Crippen molar-refractivity contribution in [1.82, 2.24) is 0 Å². The highest BCUT2D eigenvalue weighted by Gasteiger charge is 2.28. The van der Waals surface area contributed by atoms with Gasteiger partial charge in [0, 0.05) is 24.3 Å². The molecule has 3 aromatic carbocycles. The van der Waals surface area contributed by atoms with Crippen LogP contribution in [0.5, 0.6) is 5.75 Å². The predicted molar refractivity (Wildman–Crippen MR) is 135 cm³/mol. The number of hydrogen-bond donors (Lipinski definition) is 1. The van der Waals surface area contributed by atoms with Crippen molar-refractivity contribution >= 4 is 38.9 Å². The maximum absolute atomic E-state index is 13.5. The number of rotatable bonds is 8. The second-order valence-electron chi connectivity index (χ2n) is 8.22. The van der Waals surface area contributed by atoms with Crippen molar-refractivity contribution in [3.63, 3.8) is 0 Å². The molecule has 3 aromatic rings. The number of carbonyl (C=O) groups excluding carboxylic acids is 2. The molecule has 8 nitrogen and oxygen atoms in total. The van der Waals surface area contributed by atoms with Crippen LogP contribution in [0.4, 0.5) is 17.1 Å². The average Bonchev–Trinajstić information content (AvgIpc) is 3.30. The van der Waals surface area contributed by atoms with E-state index in [1.165, 1.54) is 19.2 Å². The molecule has 182 valence electrons. The van der Waals surface area contributed by atoms with Crippen LogP contribution in [-0.2, 0) is 19.6 Å². The molecule has 0 bridgehead atoms. The number of sulfonamides is 1. The minimum atomic E-state index is -4.02. The number of carbonyl (C=O) groups is 2. The summed E-state index contributed by atoms with van der Waals surface area (Å²) in [6.45, 7) is 2.11. The first-order valence-electron chi connectivity index (χ1n) is 11.2. The van der Waals surface area contributed by atoms with Crippen LogP contribution in [0.2, 0.25) is 0 Å². The van der Waals surface area contributed by atoms with Gasteiger partial charge in [-0.25, -0.2) is 8.42 Å². The average molecular weight is 494 g/mol. The Balaban J connectivity index is 1.61. The lowest BCUT2D eigenvalue weighted by molar-refractivity contribution is -0.117. The fourth-order valence-corrected chi connectivity index (χ4v) is 5.44. The summed E-state index contributed by atoms with van der Waals surface area (Å²) in [5, 5.41) is 2.79. The normalized spacial score (nSPS) is 13.5. The molecule has 0 atom stereocenters. The number of nitrogens with zero attached hydrogens (tertiary/aromatic N) is 2. The molecule has 1 aliphatic rings. The highest BCUT2D eigenvalue weighted by Crippen LogP contribution is 2.29. The number of methoxy groups -OCH3 is 1. The number of aryl methyl sites for hydroxylation is 1. The van der Waals surface area contributed by atoms with Crippen LogP contribution in [0.3, 0.4) is 0 Å². The minimum absolute atomic E-state index is 0.0520. The molecule has 0 spiro atoms. The fourth-order valence-electron chi connectivity index (χ4n) is 3.99. The molecule has 1 fully saturated rings. The van der Waals surface area contributed by atoms with E-state index in [0.29, 0.717) is 30.1 Å². The van der Waals surface area contributed by atoms with Gasteiger partial charge in [0.15, 0.2) is 0 Å². The number of ether oxygens (including phenoxy) is 1. The van der Waals surface area contributed by atoms with Crippen LogP contribution >= 0.6 is 0 Å². The number of nitrogens with one attached hydrogen (secondary N) is 1. The molecule has 0 radical (unpaired) electrons. The van der Waals surface area contributed by atoms with Gasteiger partial charge in [-0.3, -0.25) is 13.9 Å². The molecule has 1 heterocycles. The van der Waals surface area contributed by atoms with E-state index < -0.39 is 22.5 Å². The Labute approximate surface area is 205 Å². The van der Waals surface area contributed by atoms with Gasteiger partial charge in [-0.1, -0.05) is 24.3 Å². The smallest absolute Gasteiger partial charge is 0.264 e. The first-order chi connectivity index (χ1) is 16.8. The van der Waals surface area contributed by atoms with E-state index in [4.69, 9.17) is 4.74 Å². The van der Waals surface area contributed by atoms with E-state index in [-0.39, 0.29) is 10.8 Å². The summed E-state index contributed by atoms with van der Waals surface area (Å²) >= 11 is 0. The monoisotopic (exact) mass is 493 g/mol. The Kier molecular flexibility index (Phi) is 7.07. The molecule has 4 rings (SSSR count). The van der Waals surface area contributed by atoms with Gasteiger partial charge >= 0.3 is 0 Å². The molecule has 1 N–H and O–H groups in total. The molecule has 0 unspecified atom stereocenters. The van der Waals surface area contributed by atoms with Gasteiger partial charge in [0.1, 0.15) is 12.3 Å². The number of hydrogen-bond acceptors (Lipinski definition) is 5. The summed E-state index contributed by atoms with van der Waals surface area (Å²) in [5.41, 5.74) is 2.48. The van der Waals surface area contributed by atoms with Gasteiger partial charge in [0.2, 0.25) is 11.8 Å². The van der Waals surface area contributed by atoms with Crippen LogP contribution in [0, 0.1) is 6.92 Å². The second kappa shape index (κ2) is 10.2. The SMILES string of the molecule is COc1ccc(N(CC(=O)Nc2ccc(C)c(N3CCCC3=O)c2)S(=O)(=O)c2ccccc2)cc1. The zero-order chi connectivity index (χ0) is 25.0. The van der Waals surface area contributed by atoms with Crippen molar-refractivity contribution < 1.29 is 22.7 Å². The first-order valence-corrected chi connectivity index (χ1v) is 12.7. The maximum atomic E-state index is 13.5. The lowest BCUT2D eigenvalue weighted by Gasteiger charge is -2.24. The largest absolute Gasteiger partial charge is 0.497 e. The van der Waals surface area contributed by atoms with E-state index in [1.807, 2.05) is 13.0 Å². The Morgan fingerprint density at radius 2 is 1.77 bits per heavy atom. The van der Waals surface area contributed by atoms with E-state index in [9.17, 15) is 18.0 Å². The van der Waals surface area contributed by atoms with Gasteiger partial charge in [0.05, 0.1) is 17.7 Å². The third-order valence-corrected chi connectivity index (χ3v) is 7.62. The lowest BCUT2D eigenvalue weighted by atomic mass is 10.1. The zero-order valence-corrected chi connectivity index (χ0v) is 20.4. The molecule has 1 saturated heterocycles. The lowest BCUT2D eigenvalue weighted by Crippen LogP contribution is -2.38. The zero-order valence-electron chi connectivity index (χ0n) is 19.6. The van der Waals surface area contributed by atoms with E-state index in [0.717, 1.165) is 22.0 Å². The summed E-state index contributed by atoms with van der Waals surface area (Å²) < 4.78 is 33.1. The van der Waals surface area contributed by atoms with Crippen LogP contribution < -0.4 is 19.3 Å². The highest BCUT2D eigenvalue weighted by atomic mass is 32.2. The van der Waals surface area contributed by atoms with Gasteiger partial charge in [-0.15, -0.1) is 0 Å². The van der Waals surface area contributed by atoms with Gasteiger partial charge in [0.25, 0.3) is 10.0 Å². The van der Waals surface area contributed by atoms with E-state index >= 15 is 0 Å². The highest BCUT2D eigenvalue weighted by molar-refractivity contribution is 7.92. The van der Waals surface area contributed by atoms with Crippen LogP contribution in [0.15, 0.2) is 77.7 Å². The van der Waals surface area contributed by atoms with Crippen LogP contribution in [-0.4, -0.2) is 40.4 Å². The van der Waals surface area contributed by atoms with Gasteiger partial charge in [-0.2, -0.15) is 0 Å². The fraction of sp³-hybridized carbons (Fsp3) is 0.231. The quantitative estimate of drug-likeness (QED) is 0.512. The molecule has 0 aliphatic carbocycles. The summed E-state index contributed by atoms with van der Waals surface area (Å²) in [6.07, 6.45) is 1.30. The van der Waals surface area contributed by atoms with Crippen molar-refractivity contribution in [3.8, 4) is 5.75 Å². The number of amides is 2. The van der Waals surface area contributed by atoms with E-state index in [2.05, 4.69) is 5.32 Å². The van der Waals surface area contributed by atoms with Crippen LogP contribution in [0.25, 0.3) is 0 Å². The summed E-state index contributed by atoms with van der Waals surface area (Å²) in [4.78, 5) is 27.1. The molecule has 0 saturated carbocycles. The second-order valence-corrected chi connectivity index (χ2v) is 10.1. The maximum Gasteiger partial charge on any atom is 0.264 e. The Bertz CT molecular complexity index is 1320. The van der Waals surface area contributed by atoms with Crippen molar-refractivity contribution in [2.75, 3.05) is 34.7 Å². The molecule has 35 heavy (non-hydrogen) atoms. The molecule has 1 aliphatic heterocycles. The Morgan fingerprint density at radius 1 is 1.06 bits per heavy atom. The molecule has 2 amide bonds. The summed E-state index contributed by atoms with van der Waals surface area (Å²) in [7, 11) is -2.50. The number of anilines is 3. The first kappa shape index (κ1) is 24.3. The van der Waals surface area contributed by atoms with Crippen molar-refractivity contribution in [2.24, 2.45) is 0 Å². The van der Waals surface area contributed by atoms with Crippen molar-refractivity contribution in [3.05, 3.63) is 78.4 Å². The predicted octanol–water partition coefficient (Wildman–Crippen LogP) is 3.96. The van der Waals surface area contributed by atoms with Crippen molar-refractivity contribution in [1.29, 1.82) is 0 Å². The minimum Gasteiger partial charge on any atom is -0.497 e. The molecule has 9 heteroatoms. The third-order valence-electron chi connectivity index (χ3n) is 5.84. The molecular weight excluding hydrogens is 466 g/mol. The molecular formula is C26H27N3O5S. The Morgan fingerprint density at radius 3 is 2.40 bits per heavy atom. The summed E-state index contributed by atoms with van der Waals surface area (Å²) in [6, 6.07) is 19.7. The topological polar surface area (TPSA) is 96.0 Å². The standard InChI is InChI=1S/C26H27N3O5S/c1-19-10-11-20(17-24(19)28-16-6-9-26(28)31)27-25(30)18-29(21-12-14-22(34-2)15-13-21)35(32,33)23-7-4-3-5-8-23/h3-5,7-8,10-15,17H,6,9,16,18H2,1-2H3,(H,27,30). The molecule has 0 aromatic heterocycles. The Hall–Kier alpha value is -3.85. The van der Waals surface area contributed by atoms with Crippen molar-refractivity contribution in [2.45, 2.75) is 24.7 Å². The number of benzene rings is 3. The summed E-state index contributed by atoms with van der Waals surface area (Å²) in [5.74, 6) is 0.109. The van der Waals surface area contributed by atoms with E-state index in [1.54, 1.807) is 59.5 Å². The third kappa shape index (κ3) is 5.30. The van der Waals surface area contributed by atoms with Crippen LogP contribution in [0.1, 0.15) is 18.4 Å².